The summed E-state index contributed by atoms with van der Waals surface area (Å²) >= 11 is 0. The van der Waals surface area contributed by atoms with Crippen LogP contribution in [0.3, 0.4) is 0 Å². The molecule has 0 atom stereocenters. The first kappa shape index (κ1) is 17.6. The number of hydrogen-bond donors (Lipinski definition) is 1. The van der Waals surface area contributed by atoms with E-state index in [1.807, 2.05) is 0 Å². The Bertz CT molecular complexity index is 649. The first-order valence-electron chi connectivity index (χ1n) is 7.34. The number of carbonyl (C=O) groups excluding carboxylic acids is 1. The summed E-state index contributed by atoms with van der Waals surface area (Å²) < 4.78 is 22.6. The van der Waals surface area contributed by atoms with E-state index in [2.05, 4.69) is 10.4 Å². The fourth-order valence-electron chi connectivity index (χ4n) is 2.00. The van der Waals surface area contributed by atoms with Gasteiger partial charge in [0.2, 0.25) is 5.75 Å². The average Bonchev–Trinajstić information content (AvgIpc) is 3.08. The summed E-state index contributed by atoms with van der Waals surface area (Å²) in [5, 5.41) is 6.88. The fourth-order valence-corrected chi connectivity index (χ4v) is 2.00. The van der Waals surface area contributed by atoms with Crippen LogP contribution in [0.2, 0.25) is 0 Å². The van der Waals surface area contributed by atoms with Crippen molar-refractivity contribution in [1.82, 2.24) is 15.1 Å². The van der Waals surface area contributed by atoms with Crippen molar-refractivity contribution in [3.8, 4) is 17.2 Å². The van der Waals surface area contributed by atoms with E-state index in [1.165, 1.54) is 4.68 Å². The number of rotatable bonds is 9. The Labute approximate surface area is 140 Å². The molecular weight excluding hydrogens is 314 g/mol. The van der Waals surface area contributed by atoms with Gasteiger partial charge in [0.25, 0.3) is 5.91 Å². The zero-order valence-corrected chi connectivity index (χ0v) is 13.9. The molecule has 2 aromatic rings. The van der Waals surface area contributed by atoms with Crippen LogP contribution in [0.5, 0.6) is 17.2 Å². The normalized spacial score (nSPS) is 10.3. The predicted octanol–water partition coefficient (Wildman–Crippen LogP) is 1.31. The molecule has 0 bridgehead atoms. The summed E-state index contributed by atoms with van der Waals surface area (Å²) in [6, 6.07) is 6.97. The number of hydrogen-bond acceptors (Lipinski definition) is 6. The van der Waals surface area contributed by atoms with Crippen LogP contribution in [0.15, 0.2) is 30.5 Å². The number of para-hydroxylation sites is 1. The van der Waals surface area contributed by atoms with E-state index in [0.717, 1.165) is 0 Å². The highest BCUT2D eigenvalue weighted by atomic mass is 16.5. The van der Waals surface area contributed by atoms with Gasteiger partial charge in [-0.15, -0.1) is 0 Å². The molecule has 24 heavy (non-hydrogen) atoms. The van der Waals surface area contributed by atoms with Crippen molar-refractivity contribution in [2.24, 2.45) is 0 Å². The van der Waals surface area contributed by atoms with Crippen LogP contribution in [0.25, 0.3) is 0 Å². The van der Waals surface area contributed by atoms with E-state index in [0.29, 0.717) is 36.1 Å². The molecule has 8 nitrogen and oxygen atoms in total. The zero-order valence-electron chi connectivity index (χ0n) is 13.9. The molecule has 2 rings (SSSR count). The lowest BCUT2D eigenvalue weighted by Crippen LogP contribution is -2.27. The topological polar surface area (TPSA) is 83.8 Å². The number of methoxy groups -OCH3 is 3. The molecular formula is C16H21N3O5. The Balaban J connectivity index is 2.00. The summed E-state index contributed by atoms with van der Waals surface area (Å²) in [6.45, 7) is 0.988. The minimum atomic E-state index is -0.263. The number of ether oxygens (including phenoxy) is 4. The molecule has 0 aliphatic rings. The Morgan fingerprint density at radius 3 is 2.50 bits per heavy atom. The van der Waals surface area contributed by atoms with E-state index in [4.69, 9.17) is 18.9 Å². The van der Waals surface area contributed by atoms with E-state index in [1.54, 1.807) is 51.8 Å². The van der Waals surface area contributed by atoms with Gasteiger partial charge in [0.05, 0.1) is 20.8 Å². The van der Waals surface area contributed by atoms with Gasteiger partial charge in [-0.2, -0.15) is 5.10 Å². The van der Waals surface area contributed by atoms with Crippen molar-refractivity contribution in [3.05, 3.63) is 36.2 Å². The minimum absolute atomic E-state index is 0.113. The van der Waals surface area contributed by atoms with Crippen LogP contribution < -0.4 is 19.5 Å². The highest BCUT2D eigenvalue weighted by Crippen LogP contribution is 2.36. The number of amides is 1. The highest BCUT2D eigenvalue weighted by Gasteiger charge is 2.13. The summed E-state index contributed by atoms with van der Waals surface area (Å²) in [6.07, 6.45) is 1.66. The lowest BCUT2D eigenvalue weighted by Gasteiger charge is -2.13. The van der Waals surface area contributed by atoms with Crippen molar-refractivity contribution < 1.29 is 23.7 Å². The number of benzene rings is 1. The third-order valence-corrected chi connectivity index (χ3v) is 3.19. The first-order chi connectivity index (χ1) is 11.7. The lowest BCUT2D eigenvalue weighted by atomic mass is 10.3. The quantitative estimate of drug-likeness (QED) is 0.696. The maximum absolute atomic E-state index is 11.9. The van der Waals surface area contributed by atoms with Crippen LogP contribution in [0, 0.1) is 0 Å². The van der Waals surface area contributed by atoms with Gasteiger partial charge < -0.3 is 24.3 Å². The third kappa shape index (κ3) is 4.39. The molecule has 0 aliphatic carbocycles. The van der Waals surface area contributed by atoms with Gasteiger partial charge >= 0.3 is 0 Å². The number of carbonyl (C=O) groups is 1. The number of nitrogens with one attached hydrogen (secondary N) is 1. The van der Waals surface area contributed by atoms with Crippen LogP contribution in [-0.4, -0.2) is 50.2 Å². The van der Waals surface area contributed by atoms with Gasteiger partial charge in [-0.25, -0.2) is 4.68 Å². The molecule has 0 unspecified atom stereocenters. The second-order valence-electron chi connectivity index (χ2n) is 4.75. The monoisotopic (exact) mass is 335 g/mol. The summed E-state index contributed by atoms with van der Waals surface area (Å²) in [4.78, 5) is 11.9. The number of aromatic nitrogens is 2. The second kappa shape index (κ2) is 8.78. The van der Waals surface area contributed by atoms with Crippen molar-refractivity contribution in [2.75, 3.05) is 34.5 Å². The first-order valence-corrected chi connectivity index (χ1v) is 7.34. The molecule has 1 amide bonds. The molecule has 1 aromatic heterocycles. The molecule has 0 aliphatic heterocycles. The lowest BCUT2D eigenvalue weighted by molar-refractivity contribution is 0.0930. The van der Waals surface area contributed by atoms with Gasteiger partial charge in [-0.05, 0) is 18.2 Å². The van der Waals surface area contributed by atoms with Crippen LogP contribution >= 0.6 is 0 Å². The molecule has 1 N–H and O–H groups in total. The predicted molar refractivity (Wildman–Crippen MR) is 86.6 cm³/mol. The Hall–Kier alpha value is -2.74. The van der Waals surface area contributed by atoms with E-state index >= 15 is 0 Å². The maximum Gasteiger partial charge on any atom is 0.271 e. The van der Waals surface area contributed by atoms with Crippen LogP contribution in [0.1, 0.15) is 10.5 Å². The second-order valence-corrected chi connectivity index (χ2v) is 4.75. The van der Waals surface area contributed by atoms with E-state index in [9.17, 15) is 4.79 Å². The molecule has 0 spiro atoms. The van der Waals surface area contributed by atoms with Crippen molar-refractivity contribution in [3.63, 3.8) is 0 Å². The summed E-state index contributed by atoms with van der Waals surface area (Å²) in [5.74, 6) is 1.32. The molecule has 1 heterocycles. The highest BCUT2D eigenvalue weighted by molar-refractivity contribution is 5.92. The molecule has 0 radical (unpaired) electrons. The smallest absolute Gasteiger partial charge is 0.271 e. The SMILES string of the molecule is COCCNC(=O)c1ccn(COc2c(OC)cccc2OC)n1. The van der Waals surface area contributed by atoms with Crippen LogP contribution in [-0.2, 0) is 11.5 Å². The van der Waals surface area contributed by atoms with E-state index < -0.39 is 0 Å². The Morgan fingerprint density at radius 1 is 1.17 bits per heavy atom. The maximum atomic E-state index is 11.9. The largest absolute Gasteiger partial charge is 0.493 e. The fraction of sp³-hybridized carbons (Fsp3) is 0.375. The van der Waals surface area contributed by atoms with Gasteiger partial charge in [0.1, 0.15) is 5.69 Å². The molecule has 0 fully saturated rings. The summed E-state index contributed by atoms with van der Waals surface area (Å²) in [7, 11) is 4.68. The minimum Gasteiger partial charge on any atom is -0.493 e. The van der Waals surface area contributed by atoms with Gasteiger partial charge in [0.15, 0.2) is 18.2 Å². The summed E-state index contributed by atoms with van der Waals surface area (Å²) in [5.41, 5.74) is 0.307. The molecule has 0 saturated heterocycles. The third-order valence-electron chi connectivity index (χ3n) is 3.19. The van der Waals surface area contributed by atoms with Crippen LogP contribution in [0.4, 0.5) is 0 Å². The Morgan fingerprint density at radius 2 is 1.88 bits per heavy atom. The van der Waals surface area contributed by atoms with E-state index in [-0.39, 0.29) is 12.6 Å². The molecule has 8 heteroatoms. The van der Waals surface area contributed by atoms with Crippen molar-refractivity contribution >= 4 is 5.91 Å². The molecule has 1 aromatic carbocycles. The van der Waals surface area contributed by atoms with Gasteiger partial charge in [0, 0.05) is 19.9 Å². The zero-order chi connectivity index (χ0) is 17.4. The van der Waals surface area contributed by atoms with Crippen molar-refractivity contribution in [2.45, 2.75) is 6.73 Å². The number of nitrogens with zero attached hydrogens (tertiary/aromatic N) is 2. The molecule has 0 saturated carbocycles. The standard InChI is InChI=1S/C16H21N3O5/c1-21-10-8-17-16(20)12-7-9-19(18-12)11-24-15-13(22-2)5-4-6-14(15)23-3/h4-7,9H,8,10-11H2,1-3H3,(H,17,20). The Kier molecular flexibility index (Phi) is 6.44. The van der Waals surface area contributed by atoms with Crippen molar-refractivity contribution in [1.29, 1.82) is 0 Å². The van der Waals surface area contributed by atoms with Gasteiger partial charge in [-0.1, -0.05) is 6.07 Å². The molecule has 130 valence electrons. The van der Waals surface area contributed by atoms with Gasteiger partial charge in [-0.3, -0.25) is 4.79 Å². The average molecular weight is 335 g/mol.